The standard InChI is InChI=1S/C13H24N4O2S/c1-10-3-5-11(6-4-10)7-8-15-20(18,19)12-9-17(2)16-13(12)14/h9-11,15H,3-8H2,1-2H3,(H2,14,16). The highest BCUT2D eigenvalue weighted by atomic mass is 32.2. The number of aromatic nitrogens is 2. The number of nitrogen functional groups attached to an aromatic ring is 1. The minimum Gasteiger partial charge on any atom is -0.381 e. The number of hydrogen-bond donors (Lipinski definition) is 2. The molecule has 0 saturated heterocycles. The lowest BCUT2D eigenvalue weighted by Gasteiger charge is -2.26. The molecule has 2 rings (SSSR count). The molecule has 6 nitrogen and oxygen atoms in total. The molecule has 1 aliphatic carbocycles. The molecule has 1 aromatic heterocycles. The van der Waals surface area contributed by atoms with E-state index in [-0.39, 0.29) is 10.7 Å². The number of nitrogens with one attached hydrogen (secondary N) is 1. The van der Waals surface area contributed by atoms with E-state index in [4.69, 9.17) is 5.73 Å². The fourth-order valence-corrected chi connectivity index (χ4v) is 3.93. The number of nitrogens with zero attached hydrogens (tertiary/aromatic N) is 2. The third-order valence-electron chi connectivity index (χ3n) is 4.09. The molecule has 0 radical (unpaired) electrons. The van der Waals surface area contributed by atoms with Crippen LogP contribution < -0.4 is 10.5 Å². The maximum atomic E-state index is 12.1. The van der Waals surface area contributed by atoms with Crippen LogP contribution in [0.4, 0.5) is 5.82 Å². The summed E-state index contributed by atoms with van der Waals surface area (Å²) in [5, 5.41) is 3.86. The third-order valence-corrected chi connectivity index (χ3v) is 5.57. The lowest BCUT2D eigenvalue weighted by atomic mass is 9.81. The highest BCUT2D eigenvalue weighted by molar-refractivity contribution is 7.89. The maximum Gasteiger partial charge on any atom is 0.245 e. The van der Waals surface area contributed by atoms with Gasteiger partial charge in [0, 0.05) is 19.8 Å². The van der Waals surface area contributed by atoms with Crippen LogP contribution in [-0.4, -0.2) is 24.7 Å². The molecular formula is C13H24N4O2S. The highest BCUT2D eigenvalue weighted by Gasteiger charge is 2.22. The predicted octanol–water partition coefficient (Wildman–Crippen LogP) is 1.50. The molecule has 0 bridgehead atoms. The summed E-state index contributed by atoms with van der Waals surface area (Å²) >= 11 is 0. The van der Waals surface area contributed by atoms with Crippen molar-refractivity contribution in [1.29, 1.82) is 0 Å². The number of sulfonamides is 1. The van der Waals surface area contributed by atoms with Crippen LogP contribution in [0.25, 0.3) is 0 Å². The lowest BCUT2D eigenvalue weighted by Crippen LogP contribution is -2.27. The molecule has 3 N–H and O–H groups in total. The summed E-state index contributed by atoms with van der Waals surface area (Å²) in [6.07, 6.45) is 7.25. The van der Waals surface area contributed by atoms with E-state index in [1.54, 1.807) is 7.05 Å². The quantitative estimate of drug-likeness (QED) is 0.862. The maximum absolute atomic E-state index is 12.1. The van der Waals surface area contributed by atoms with Crippen LogP contribution in [0.3, 0.4) is 0 Å². The lowest BCUT2D eigenvalue weighted by molar-refractivity contribution is 0.278. The van der Waals surface area contributed by atoms with Gasteiger partial charge in [-0.25, -0.2) is 13.1 Å². The van der Waals surface area contributed by atoms with Gasteiger partial charge in [-0.2, -0.15) is 5.10 Å². The number of rotatable bonds is 5. The Morgan fingerprint density at radius 2 is 2.05 bits per heavy atom. The zero-order valence-electron chi connectivity index (χ0n) is 12.2. The second-order valence-corrected chi connectivity index (χ2v) is 7.60. The molecule has 20 heavy (non-hydrogen) atoms. The Morgan fingerprint density at radius 3 is 2.60 bits per heavy atom. The normalized spacial score (nSPS) is 23.9. The van der Waals surface area contributed by atoms with Gasteiger partial charge in [0.05, 0.1) is 0 Å². The topological polar surface area (TPSA) is 90.0 Å². The van der Waals surface area contributed by atoms with Crippen molar-refractivity contribution in [2.75, 3.05) is 12.3 Å². The fourth-order valence-electron chi connectivity index (χ4n) is 2.78. The van der Waals surface area contributed by atoms with Crippen molar-refractivity contribution in [2.24, 2.45) is 18.9 Å². The molecule has 0 amide bonds. The van der Waals surface area contributed by atoms with Crippen LogP contribution in [0.2, 0.25) is 0 Å². The first-order valence-corrected chi connectivity index (χ1v) is 8.65. The van der Waals surface area contributed by atoms with Gasteiger partial charge in [0.25, 0.3) is 0 Å². The summed E-state index contributed by atoms with van der Waals surface area (Å²) < 4.78 is 28.3. The zero-order chi connectivity index (χ0) is 14.8. The average Bonchev–Trinajstić information content (AvgIpc) is 2.72. The smallest absolute Gasteiger partial charge is 0.245 e. The van der Waals surface area contributed by atoms with Crippen molar-refractivity contribution in [3.8, 4) is 0 Å². The van der Waals surface area contributed by atoms with Crippen molar-refractivity contribution in [2.45, 2.75) is 43.9 Å². The Hall–Kier alpha value is -1.08. The van der Waals surface area contributed by atoms with Crippen molar-refractivity contribution in [3.05, 3.63) is 6.20 Å². The van der Waals surface area contributed by atoms with E-state index in [0.29, 0.717) is 12.5 Å². The summed E-state index contributed by atoms with van der Waals surface area (Å²) in [7, 11) is -1.89. The van der Waals surface area contributed by atoms with Crippen molar-refractivity contribution < 1.29 is 8.42 Å². The van der Waals surface area contributed by atoms with Gasteiger partial charge in [-0.3, -0.25) is 4.68 Å². The van der Waals surface area contributed by atoms with Gasteiger partial charge in [-0.1, -0.05) is 32.6 Å². The first-order chi connectivity index (χ1) is 9.38. The van der Waals surface area contributed by atoms with Crippen LogP contribution in [0.5, 0.6) is 0 Å². The van der Waals surface area contributed by atoms with Crippen LogP contribution in [-0.2, 0) is 17.1 Å². The Bertz CT molecular complexity index is 545. The van der Waals surface area contributed by atoms with Crippen molar-refractivity contribution in [1.82, 2.24) is 14.5 Å². The second-order valence-electron chi connectivity index (χ2n) is 5.86. The van der Waals surface area contributed by atoms with E-state index in [9.17, 15) is 8.42 Å². The second kappa shape index (κ2) is 6.13. The summed E-state index contributed by atoms with van der Waals surface area (Å²) in [4.78, 5) is 0.0669. The third kappa shape index (κ3) is 3.73. The first-order valence-electron chi connectivity index (χ1n) is 7.17. The van der Waals surface area contributed by atoms with E-state index < -0.39 is 10.0 Å². The Kier molecular flexibility index (Phi) is 4.70. The van der Waals surface area contributed by atoms with Crippen LogP contribution >= 0.6 is 0 Å². The highest BCUT2D eigenvalue weighted by Crippen LogP contribution is 2.30. The summed E-state index contributed by atoms with van der Waals surface area (Å²) in [6.45, 7) is 2.75. The summed E-state index contributed by atoms with van der Waals surface area (Å²) in [5.74, 6) is 1.50. The molecule has 1 fully saturated rings. The van der Waals surface area contributed by atoms with Gasteiger partial charge in [-0.15, -0.1) is 0 Å². The van der Waals surface area contributed by atoms with Gasteiger partial charge in [-0.05, 0) is 18.3 Å². The molecule has 1 aliphatic rings. The molecule has 0 unspecified atom stereocenters. The van der Waals surface area contributed by atoms with E-state index in [2.05, 4.69) is 16.7 Å². The fraction of sp³-hybridized carbons (Fsp3) is 0.769. The van der Waals surface area contributed by atoms with Crippen LogP contribution in [0.15, 0.2) is 11.1 Å². The van der Waals surface area contributed by atoms with E-state index in [0.717, 1.165) is 12.3 Å². The molecule has 7 heteroatoms. The van der Waals surface area contributed by atoms with Crippen molar-refractivity contribution in [3.63, 3.8) is 0 Å². The van der Waals surface area contributed by atoms with Crippen LogP contribution in [0, 0.1) is 11.8 Å². The van der Waals surface area contributed by atoms with E-state index in [1.807, 2.05) is 0 Å². The van der Waals surface area contributed by atoms with Gasteiger partial charge >= 0.3 is 0 Å². The predicted molar refractivity (Wildman–Crippen MR) is 78.5 cm³/mol. The number of aryl methyl sites for hydroxylation is 1. The van der Waals surface area contributed by atoms with Gasteiger partial charge < -0.3 is 5.73 Å². The SMILES string of the molecule is CC1CCC(CCNS(=O)(=O)c2cn(C)nc2N)CC1. The molecule has 1 aromatic rings. The minimum atomic E-state index is -3.54. The summed E-state index contributed by atoms with van der Waals surface area (Å²) in [5.41, 5.74) is 5.61. The number of anilines is 1. The molecule has 1 heterocycles. The molecule has 0 spiro atoms. The van der Waals surface area contributed by atoms with Gasteiger partial charge in [0.2, 0.25) is 10.0 Å². The van der Waals surface area contributed by atoms with E-state index >= 15 is 0 Å². The largest absolute Gasteiger partial charge is 0.381 e. The monoisotopic (exact) mass is 300 g/mol. The number of hydrogen-bond acceptors (Lipinski definition) is 4. The Balaban J connectivity index is 1.85. The minimum absolute atomic E-state index is 0.0477. The average molecular weight is 300 g/mol. The molecule has 0 aromatic carbocycles. The Morgan fingerprint density at radius 1 is 1.40 bits per heavy atom. The number of nitrogens with two attached hydrogens (primary N) is 1. The molecular weight excluding hydrogens is 276 g/mol. The Labute approximate surface area is 120 Å². The first kappa shape index (κ1) is 15.3. The molecule has 114 valence electrons. The van der Waals surface area contributed by atoms with Gasteiger partial charge in [0.15, 0.2) is 5.82 Å². The molecule has 0 atom stereocenters. The summed E-state index contributed by atoms with van der Waals surface area (Å²) in [6, 6.07) is 0. The van der Waals surface area contributed by atoms with Crippen molar-refractivity contribution >= 4 is 15.8 Å². The van der Waals surface area contributed by atoms with Gasteiger partial charge in [0.1, 0.15) is 4.90 Å². The molecule has 0 aliphatic heterocycles. The molecule has 1 saturated carbocycles. The zero-order valence-corrected chi connectivity index (χ0v) is 13.0. The van der Waals surface area contributed by atoms with E-state index in [1.165, 1.54) is 36.6 Å². The van der Waals surface area contributed by atoms with Crippen LogP contribution in [0.1, 0.15) is 39.0 Å².